The molecule has 0 aliphatic rings. The number of aromatic hydroxyl groups is 1. The maximum Gasteiger partial charge on any atom is 0.475 e. The van der Waals surface area contributed by atoms with Gasteiger partial charge in [0.1, 0.15) is 10.6 Å². The number of phenolic OH excluding ortho intramolecular Hbond substituents is 1. The third-order valence-electron chi connectivity index (χ3n) is 2.94. The summed E-state index contributed by atoms with van der Waals surface area (Å²) in [5.41, 5.74) is -4.32. The summed E-state index contributed by atoms with van der Waals surface area (Å²) in [4.78, 5) is -0.853. The second kappa shape index (κ2) is 6.44. The number of benzene rings is 2. The summed E-state index contributed by atoms with van der Waals surface area (Å²) in [6, 6.07) is 7.95. The molecule has 0 aromatic heterocycles. The van der Waals surface area contributed by atoms with E-state index < -0.39 is 37.0 Å². The van der Waals surface area contributed by atoms with Crippen molar-refractivity contribution in [2.75, 3.05) is 4.72 Å². The Bertz CT molecular complexity index is 878. The average Bonchev–Trinajstić information content (AvgIpc) is 2.48. The van der Waals surface area contributed by atoms with E-state index in [-0.39, 0.29) is 10.6 Å². The normalized spacial score (nSPS) is 13.5. The zero-order chi connectivity index (χ0) is 18.1. The summed E-state index contributed by atoms with van der Waals surface area (Å²) >= 11 is 0. The monoisotopic (exact) mass is 379 g/mol. The molecule has 0 spiro atoms. The molecule has 2 rings (SSSR count). The standard InChI is InChI=1S/C14H12F3NO4S2/c1-9-2-7-12(19)13(8-9)24(21,22)18-10-3-5-11(6-4-10)23(20)14(15,16)17/h2-8,18-19H,1H3. The number of halogens is 3. The molecule has 0 aliphatic carbocycles. The molecule has 0 amide bonds. The molecule has 1 atom stereocenters. The molecule has 2 aromatic rings. The number of alkyl halides is 3. The topological polar surface area (TPSA) is 83.5 Å². The van der Waals surface area contributed by atoms with E-state index in [2.05, 4.69) is 4.72 Å². The van der Waals surface area contributed by atoms with Crippen LogP contribution in [-0.2, 0) is 20.8 Å². The third kappa shape index (κ3) is 4.06. The molecular formula is C14H12F3NO4S2. The number of sulfonamides is 1. The fourth-order valence-electron chi connectivity index (χ4n) is 1.83. The number of hydrogen-bond acceptors (Lipinski definition) is 4. The molecule has 5 nitrogen and oxygen atoms in total. The van der Waals surface area contributed by atoms with Crippen molar-refractivity contribution in [2.24, 2.45) is 0 Å². The Morgan fingerprint density at radius 1 is 1.08 bits per heavy atom. The minimum Gasteiger partial charge on any atom is -0.507 e. The second-order valence-corrected chi connectivity index (χ2v) is 7.94. The highest BCUT2D eigenvalue weighted by molar-refractivity contribution is 7.92. The molecule has 10 heteroatoms. The molecule has 0 radical (unpaired) electrons. The van der Waals surface area contributed by atoms with Gasteiger partial charge in [0, 0.05) is 10.6 Å². The van der Waals surface area contributed by atoms with E-state index in [9.17, 15) is 30.9 Å². The number of phenols is 1. The summed E-state index contributed by atoms with van der Waals surface area (Å²) in [5.74, 6) is -0.456. The van der Waals surface area contributed by atoms with Gasteiger partial charge in [0.2, 0.25) is 0 Å². The third-order valence-corrected chi connectivity index (χ3v) is 5.47. The number of hydrogen-bond donors (Lipinski definition) is 2. The lowest BCUT2D eigenvalue weighted by molar-refractivity contribution is -0.0384. The lowest BCUT2D eigenvalue weighted by Crippen LogP contribution is -2.16. The molecule has 2 aromatic carbocycles. The molecule has 130 valence electrons. The number of nitrogens with one attached hydrogen (secondary N) is 1. The predicted molar refractivity (Wildman–Crippen MR) is 82.6 cm³/mol. The Morgan fingerprint density at radius 3 is 2.21 bits per heavy atom. The predicted octanol–water partition coefficient (Wildman–Crippen LogP) is 3.13. The van der Waals surface area contributed by atoms with Crippen LogP contribution < -0.4 is 4.72 Å². The van der Waals surface area contributed by atoms with Crippen LogP contribution in [-0.4, -0.2) is 23.2 Å². The van der Waals surface area contributed by atoms with E-state index >= 15 is 0 Å². The van der Waals surface area contributed by atoms with Crippen molar-refractivity contribution in [3.05, 3.63) is 48.0 Å². The Kier molecular flexibility index (Phi) is 4.90. The number of anilines is 1. The molecule has 0 saturated carbocycles. The molecule has 0 heterocycles. The van der Waals surface area contributed by atoms with Crippen molar-refractivity contribution < 1.29 is 30.9 Å². The molecule has 0 bridgehead atoms. The van der Waals surface area contributed by atoms with Gasteiger partial charge in [-0.05, 0) is 48.9 Å². The van der Waals surface area contributed by atoms with E-state index in [1.54, 1.807) is 6.92 Å². The van der Waals surface area contributed by atoms with E-state index in [0.717, 1.165) is 24.3 Å². The average molecular weight is 379 g/mol. The Labute approximate surface area is 138 Å². The van der Waals surface area contributed by atoms with Crippen molar-refractivity contribution in [3.63, 3.8) is 0 Å². The van der Waals surface area contributed by atoms with Crippen LogP contribution in [0.2, 0.25) is 0 Å². The number of rotatable bonds is 4. The van der Waals surface area contributed by atoms with Gasteiger partial charge in [0.05, 0.1) is 0 Å². The van der Waals surface area contributed by atoms with Gasteiger partial charge in [-0.2, -0.15) is 13.2 Å². The zero-order valence-corrected chi connectivity index (χ0v) is 13.8. The van der Waals surface area contributed by atoms with Gasteiger partial charge in [-0.15, -0.1) is 0 Å². The summed E-state index contributed by atoms with van der Waals surface area (Å²) in [5, 5.41) is 9.67. The van der Waals surface area contributed by atoms with Gasteiger partial charge in [0.15, 0.2) is 10.8 Å². The first-order chi connectivity index (χ1) is 11.0. The van der Waals surface area contributed by atoms with Crippen molar-refractivity contribution >= 4 is 26.5 Å². The van der Waals surface area contributed by atoms with Crippen LogP contribution in [0, 0.1) is 6.92 Å². The highest BCUT2D eigenvalue weighted by Gasteiger charge is 2.37. The van der Waals surface area contributed by atoms with Gasteiger partial charge in [-0.3, -0.25) is 4.72 Å². The molecule has 0 saturated heterocycles. The van der Waals surface area contributed by atoms with Crippen LogP contribution >= 0.6 is 0 Å². The second-order valence-electron chi connectivity index (χ2n) is 4.82. The van der Waals surface area contributed by atoms with Crippen molar-refractivity contribution in [1.82, 2.24) is 0 Å². The maximum atomic E-state index is 12.4. The Hall–Kier alpha value is -2.07. The molecular weight excluding hydrogens is 367 g/mol. The van der Waals surface area contributed by atoms with Gasteiger partial charge in [-0.1, -0.05) is 6.07 Å². The Balaban J connectivity index is 2.28. The minimum absolute atomic E-state index is 0.0289. The van der Waals surface area contributed by atoms with Crippen LogP contribution in [0.15, 0.2) is 52.3 Å². The van der Waals surface area contributed by atoms with Crippen LogP contribution in [0.25, 0.3) is 0 Å². The highest BCUT2D eigenvalue weighted by Crippen LogP contribution is 2.28. The fraction of sp³-hybridized carbons (Fsp3) is 0.143. The van der Waals surface area contributed by atoms with E-state index in [1.165, 1.54) is 18.2 Å². The first-order valence-corrected chi connectivity index (χ1v) is 9.05. The van der Waals surface area contributed by atoms with Gasteiger partial charge < -0.3 is 5.11 Å². The molecule has 0 fully saturated rings. The van der Waals surface area contributed by atoms with E-state index in [4.69, 9.17) is 0 Å². The van der Waals surface area contributed by atoms with E-state index in [0.29, 0.717) is 5.56 Å². The first kappa shape index (κ1) is 18.3. The van der Waals surface area contributed by atoms with Crippen LogP contribution in [0.3, 0.4) is 0 Å². The van der Waals surface area contributed by atoms with Crippen molar-refractivity contribution in [3.8, 4) is 5.75 Å². The molecule has 24 heavy (non-hydrogen) atoms. The van der Waals surface area contributed by atoms with Crippen LogP contribution in [0.4, 0.5) is 18.9 Å². The SMILES string of the molecule is Cc1ccc(O)c(S(=O)(=O)Nc2ccc(S(=O)C(F)(F)F)cc2)c1. The highest BCUT2D eigenvalue weighted by atomic mass is 32.2. The van der Waals surface area contributed by atoms with Crippen LogP contribution in [0.5, 0.6) is 5.75 Å². The maximum absolute atomic E-state index is 12.4. The molecule has 1 unspecified atom stereocenters. The fourth-order valence-corrected chi connectivity index (χ4v) is 3.72. The van der Waals surface area contributed by atoms with Crippen molar-refractivity contribution in [1.29, 1.82) is 0 Å². The smallest absolute Gasteiger partial charge is 0.475 e. The van der Waals surface area contributed by atoms with Crippen molar-refractivity contribution in [2.45, 2.75) is 22.2 Å². The zero-order valence-electron chi connectivity index (χ0n) is 12.2. The first-order valence-electron chi connectivity index (χ1n) is 6.42. The quantitative estimate of drug-likeness (QED) is 0.855. The minimum atomic E-state index is -4.89. The summed E-state index contributed by atoms with van der Waals surface area (Å²) in [6.07, 6.45) is 0. The number of aryl methyl sites for hydroxylation is 1. The lowest BCUT2D eigenvalue weighted by Gasteiger charge is -2.11. The Morgan fingerprint density at radius 2 is 1.67 bits per heavy atom. The molecule has 0 aliphatic heterocycles. The van der Waals surface area contributed by atoms with Crippen LogP contribution in [0.1, 0.15) is 5.56 Å². The summed E-state index contributed by atoms with van der Waals surface area (Å²) in [7, 11) is -7.32. The lowest BCUT2D eigenvalue weighted by atomic mass is 10.2. The van der Waals surface area contributed by atoms with Gasteiger partial charge in [0.25, 0.3) is 10.0 Å². The summed E-state index contributed by atoms with van der Waals surface area (Å²) < 4.78 is 74.9. The molecule has 2 N–H and O–H groups in total. The van der Waals surface area contributed by atoms with E-state index in [1.807, 2.05) is 0 Å². The van der Waals surface area contributed by atoms with Gasteiger partial charge in [-0.25, -0.2) is 12.6 Å². The largest absolute Gasteiger partial charge is 0.507 e. The van der Waals surface area contributed by atoms with Gasteiger partial charge >= 0.3 is 5.51 Å². The summed E-state index contributed by atoms with van der Waals surface area (Å²) in [6.45, 7) is 1.64.